The molecular formula is C12H24N2O2. The minimum atomic E-state index is -0.350. The fraction of sp³-hybridized carbons (Fsp3) is 0.917. The van der Waals surface area contributed by atoms with Crippen LogP contribution in [0.2, 0.25) is 0 Å². The summed E-state index contributed by atoms with van der Waals surface area (Å²) in [5.74, 6) is 0.308. The Kier molecular flexibility index (Phi) is 5.77. The van der Waals surface area contributed by atoms with Crippen molar-refractivity contribution in [3.63, 3.8) is 0 Å². The van der Waals surface area contributed by atoms with E-state index in [0.29, 0.717) is 6.54 Å². The van der Waals surface area contributed by atoms with Gasteiger partial charge in [-0.2, -0.15) is 0 Å². The number of rotatable bonds is 5. The number of nitrogens with zero attached hydrogens (tertiary/aromatic N) is 1. The van der Waals surface area contributed by atoms with Gasteiger partial charge in [-0.25, -0.2) is 0 Å². The minimum absolute atomic E-state index is 0.0617. The molecule has 1 aliphatic heterocycles. The highest BCUT2D eigenvalue weighted by Gasteiger charge is 2.26. The van der Waals surface area contributed by atoms with Gasteiger partial charge in [-0.1, -0.05) is 19.8 Å². The second kappa shape index (κ2) is 6.86. The van der Waals surface area contributed by atoms with E-state index >= 15 is 0 Å². The third kappa shape index (κ3) is 3.76. The van der Waals surface area contributed by atoms with Gasteiger partial charge in [0.15, 0.2) is 0 Å². The molecule has 0 aromatic carbocycles. The van der Waals surface area contributed by atoms with Gasteiger partial charge in [-0.05, 0) is 25.2 Å². The maximum Gasteiger partial charge on any atom is 0.239 e. The van der Waals surface area contributed by atoms with Gasteiger partial charge < -0.3 is 15.7 Å². The second-order valence-corrected chi connectivity index (χ2v) is 4.72. The molecule has 94 valence electrons. The molecule has 1 amide bonds. The van der Waals surface area contributed by atoms with Crippen molar-refractivity contribution < 1.29 is 9.90 Å². The average Bonchev–Trinajstić information content (AvgIpc) is 2.35. The van der Waals surface area contributed by atoms with Gasteiger partial charge >= 0.3 is 0 Å². The lowest BCUT2D eigenvalue weighted by Crippen LogP contribution is -2.48. The molecule has 0 aromatic rings. The summed E-state index contributed by atoms with van der Waals surface area (Å²) < 4.78 is 0. The molecule has 2 atom stereocenters. The number of aliphatic hydroxyl groups excluding tert-OH is 1. The lowest BCUT2D eigenvalue weighted by atomic mass is 9.98. The smallest absolute Gasteiger partial charge is 0.239 e. The zero-order valence-electron chi connectivity index (χ0n) is 10.2. The first-order chi connectivity index (χ1) is 7.69. The first kappa shape index (κ1) is 13.5. The number of hydrogen-bond donors (Lipinski definition) is 2. The summed E-state index contributed by atoms with van der Waals surface area (Å²) in [4.78, 5) is 13.8. The maximum absolute atomic E-state index is 12.0. The van der Waals surface area contributed by atoms with Gasteiger partial charge in [0.05, 0.1) is 6.04 Å². The molecule has 4 heteroatoms. The second-order valence-electron chi connectivity index (χ2n) is 4.72. The Balaban J connectivity index is 2.40. The fourth-order valence-corrected chi connectivity index (χ4v) is 2.20. The Morgan fingerprint density at radius 3 is 3.00 bits per heavy atom. The number of unbranched alkanes of at least 4 members (excludes halogenated alkanes) is 1. The van der Waals surface area contributed by atoms with Gasteiger partial charge in [0.1, 0.15) is 0 Å². The molecule has 0 aliphatic carbocycles. The Morgan fingerprint density at radius 2 is 2.38 bits per heavy atom. The monoisotopic (exact) mass is 228 g/mol. The van der Waals surface area contributed by atoms with Crippen molar-refractivity contribution in [3.05, 3.63) is 0 Å². The van der Waals surface area contributed by atoms with Crippen molar-refractivity contribution in [1.82, 2.24) is 4.90 Å². The SMILES string of the molecule is CCCC[C@H](N)C(=O)N1CCCC(CO)C1. The number of amides is 1. The summed E-state index contributed by atoms with van der Waals surface area (Å²) >= 11 is 0. The molecule has 1 saturated heterocycles. The number of piperidine rings is 1. The summed E-state index contributed by atoms with van der Waals surface area (Å²) in [5, 5.41) is 9.10. The van der Waals surface area contributed by atoms with Crippen molar-refractivity contribution >= 4 is 5.91 Å². The molecule has 1 heterocycles. The first-order valence-corrected chi connectivity index (χ1v) is 6.34. The van der Waals surface area contributed by atoms with Crippen LogP contribution in [-0.4, -0.2) is 41.7 Å². The van der Waals surface area contributed by atoms with Crippen LogP contribution in [-0.2, 0) is 4.79 Å². The van der Waals surface area contributed by atoms with E-state index in [-0.39, 0.29) is 24.5 Å². The Labute approximate surface area is 97.8 Å². The van der Waals surface area contributed by atoms with Crippen LogP contribution in [0.4, 0.5) is 0 Å². The molecule has 3 N–H and O–H groups in total. The molecule has 1 aliphatic rings. The molecule has 0 bridgehead atoms. The zero-order chi connectivity index (χ0) is 12.0. The highest BCUT2D eigenvalue weighted by atomic mass is 16.3. The van der Waals surface area contributed by atoms with E-state index in [1.165, 1.54) is 0 Å². The normalized spacial score (nSPS) is 23.2. The third-order valence-electron chi connectivity index (χ3n) is 3.27. The molecule has 0 spiro atoms. The average molecular weight is 228 g/mol. The van der Waals surface area contributed by atoms with Crippen LogP contribution >= 0.6 is 0 Å². The Hall–Kier alpha value is -0.610. The van der Waals surface area contributed by atoms with E-state index in [9.17, 15) is 4.79 Å². The molecule has 1 unspecified atom stereocenters. The van der Waals surface area contributed by atoms with E-state index in [1.807, 2.05) is 4.90 Å². The van der Waals surface area contributed by atoms with Crippen LogP contribution in [0.3, 0.4) is 0 Å². The van der Waals surface area contributed by atoms with Crippen LogP contribution in [0.25, 0.3) is 0 Å². The van der Waals surface area contributed by atoms with Crippen LogP contribution in [0.15, 0.2) is 0 Å². The molecule has 1 rings (SSSR count). The van der Waals surface area contributed by atoms with Crippen molar-refractivity contribution in [2.75, 3.05) is 19.7 Å². The van der Waals surface area contributed by atoms with E-state index in [2.05, 4.69) is 6.92 Å². The van der Waals surface area contributed by atoms with Gasteiger partial charge in [-0.3, -0.25) is 4.79 Å². The molecule has 0 radical (unpaired) electrons. The third-order valence-corrected chi connectivity index (χ3v) is 3.27. The first-order valence-electron chi connectivity index (χ1n) is 6.34. The van der Waals surface area contributed by atoms with Crippen LogP contribution < -0.4 is 5.73 Å². The van der Waals surface area contributed by atoms with Crippen molar-refractivity contribution in [2.24, 2.45) is 11.7 Å². The van der Waals surface area contributed by atoms with Gasteiger partial charge in [0, 0.05) is 19.7 Å². The maximum atomic E-state index is 12.0. The molecular weight excluding hydrogens is 204 g/mol. The standard InChI is InChI=1S/C12H24N2O2/c1-2-3-6-11(13)12(16)14-7-4-5-10(8-14)9-15/h10-11,15H,2-9,13H2,1H3/t10?,11-/m0/s1. The van der Waals surface area contributed by atoms with Crippen molar-refractivity contribution in [1.29, 1.82) is 0 Å². The molecule has 16 heavy (non-hydrogen) atoms. The fourth-order valence-electron chi connectivity index (χ4n) is 2.20. The topological polar surface area (TPSA) is 66.6 Å². The van der Waals surface area contributed by atoms with Crippen LogP contribution in [0, 0.1) is 5.92 Å². The number of carbonyl (C=O) groups is 1. The lowest BCUT2D eigenvalue weighted by molar-refractivity contribution is -0.134. The van der Waals surface area contributed by atoms with E-state index in [1.54, 1.807) is 0 Å². The number of likely N-dealkylation sites (tertiary alicyclic amines) is 1. The quantitative estimate of drug-likeness (QED) is 0.729. The minimum Gasteiger partial charge on any atom is -0.396 e. The van der Waals surface area contributed by atoms with Crippen molar-refractivity contribution in [2.45, 2.75) is 45.1 Å². The molecule has 1 fully saturated rings. The van der Waals surface area contributed by atoms with E-state index in [0.717, 1.165) is 38.6 Å². The summed E-state index contributed by atoms with van der Waals surface area (Å²) in [6, 6.07) is -0.350. The number of nitrogens with two attached hydrogens (primary N) is 1. The largest absolute Gasteiger partial charge is 0.396 e. The van der Waals surface area contributed by atoms with Crippen LogP contribution in [0.1, 0.15) is 39.0 Å². The predicted molar refractivity (Wildman–Crippen MR) is 63.9 cm³/mol. The number of carbonyl (C=O) groups excluding carboxylic acids is 1. The van der Waals surface area contributed by atoms with Gasteiger partial charge in [-0.15, -0.1) is 0 Å². The molecule has 0 saturated carbocycles. The molecule has 0 aromatic heterocycles. The zero-order valence-corrected chi connectivity index (χ0v) is 10.2. The number of aliphatic hydroxyl groups is 1. The van der Waals surface area contributed by atoms with Gasteiger partial charge in [0.2, 0.25) is 5.91 Å². The highest BCUT2D eigenvalue weighted by molar-refractivity contribution is 5.81. The van der Waals surface area contributed by atoms with E-state index in [4.69, 9.17) is 10.8 Å². The molecule has 4 nitrogen and oxygen atoms in total. The summed E-state index contributed by atoms with van der Waals surface area (Å²) in [5.41, 5.74) is 5.87. The predicted octanol–water partition coefficient (Wildman–Crippen LogP) is 0.735. The van der Waals surface area contributed by atoms with Crippen molar-refractivity contribution in [3.8, 4) is 0 Å². The summed E-state index contributed by atoms with van der Waals surface area (Å²) in [6.07, 6.45) is 4.85. The lowest BCUT2D eigenvalue weighted by Gasteiger charge is -2.33. The Bertz CT molecular complexity index is 221. The van der Waals surface area contributed by atoms with Gasteiger partial charge in [0.25, 0.3) is 0 Å². The summed E-state index contributed by atoms with van der Waals surface area (Å²) in [6.45, 7) is 3.75. The Morgan fingerprint density at radius 1 is 1.62 bits per heavy atom. The summed E-state index contributed by atoms with van der Waals surface area (Å²) in [7, 11) is 0. The van der Waals surface area contributed by atoms with Crippen LogP contribution in [0.5, 0.6) is 0 Å². The highest BCUT2D eigenvalue weighted by Crippen LogP contribution is 2.17. The van der Waals surface area contributed by atoms with E-state index < -0.39 is 0 Å². The number of hydrogen-bond acceptors (Lipinski definition) is 3.